The molecule has 1 fully saturated rings. The Morgan fingerprint density at radius 1 is 1.15 bits per heavy atom. The van der Waals surface area contributed by atoms with Crippen LogP contribution in [0.2, 0.25) is 0 Å². The van der Waals surface area contributed by atoms with E-state index < -0.39 is 5.54 Å². The number of carbonyl (C=O) groups excluding carboxylic acids is 2. The van der Waals surface area contributed by atoms with Gasteiger partial charge < -0.3 is 4.90 Å². The number of hydrogen-bond acceptors (Lipinski definition) is 3. The Kier molecular flexibility index (Phi) is 2.71. The molecule has 2 aromatic rings. The number of nitrogens with zero attached hydrogens (tertiary/aromatic N) is 2. The van der Waals surface area contributed by atoms with Crippen molar-refractivity contribution < 1.29 is 9.59 Å². The molecule has 102 valence electrons. The van der Waals surface area contributed by atoms with Crippen molar-refractivity contribution in [1.29, 1.82) is 0 Å². The number of hydrogen-bond donors (Lipinski definition) is 1. The fourth-order valence-corrected chi connectivity index (χ4v) is 2.32. The van der Waals surface area contributed by atoms with Gasteiger partial charge in [-0.1, -0.05) is 24.3 Å². The Bertz CT molecular complexity index is 709. The smallest absolute Gasteiger partial charge is 0.304 e. The van der Waals surface area contributed by atoms with Gasteiger partial charge in [0.1, 0.15) is 5.54 Å². The highest BCUT2D eigenvalue weighted by atomic mass is 16.2. The average molecular weight is 269 g/mol. The van der Waals surface area contributed by atoms with Gasteiger partial charge >= 0.3 is 6.03 Å². The summed E-state index contributed by atoms with van der Waals surface area (Å²) in [6.45, 7) is 3.78. The quantitative estimate of drug-likeness (QED) is 0.849. The van der Waals surface area contributed by atoms with Crippen LogP contribution in [0.4, 0.5) is 4.79 Å². The molecule has 1 N–H and O–H groups in total. The molecule has 20 heavy (non-hydrogen) atoms. The number of pyridine rings is 1. The highest BCUT2D eigenvalue weighted by molar-refractivity contribution is 6.06. The van der Waals surface area contributed by atoms with Gasteiger partial charge in [0.25, 0.3) is 5.91 Å². The molecule has 3 rings (SSSR count). The Morgan fingerprint density at radius 3 is 2.60 bits per heavy atom. The molecular weight excluding hydrogens is 254 g/mol. The molecule has 1 aromatic carbocycles. The number of aromatic nitrogens is 1. The van der Waals surface area contributed by atoms with Crippen molar-refractivity contribution in [2.75, 3.05) is 0 Å². The highest BCUT2D eigenvalue weighted by Crippen LogP contribution is 2.23. The maximum Gasteiger partial charge on any atom is 0.325 e. The second-order valence-corrected chi connectivity index (χ2v) is 5.40. The van der Waals surface area contributed by atoms with Crippen LogP contribution in [0.15, 0.2) is 36.4 Å². The summed E-state index contributed by atoms with van der Waals surface area (Å²) in [5.41, 5.74) is 0.806. The van der Waals surface area contributed by atoms with Gasteiger partial charge in [-0.25, -0.2) is 4.79 Å². The number of para-hydroxylation sites is 1. The van der Waals surface area contributed by atoms with Crippen molar-refractivity contribution in [1.82, 2.24) is 15.2 Å². The molecule has 0 radical (unpaired) electrons. The first-order valence-corrected chi connectivity index (χ1v) is 6.46. The molecule has 0 unspecified atom stereocenters. The molecule has 0 atom stereocenters. The van der Waals surface area contributed by atoms with Gasteiger partial charge in [0.15, 0.2) is 0 Å². The fourth-order valence-electron chi connectivity index (χ4n) is 2.32. The maximum atomic E-state index is 11.8. The number of nitrogens with one attached hydrogen (secondary N) is 1. The van der Waals surface area contributed by atoms with Crippen LogP contribution in [0, 0.1) is 0 Å². The van der Waals surface area contributed by atoms with Gasteiger partial charge in [0, 0.05) is 5.39 Å². The van der Waals surface area contributed by atoms with Crippen LogP contribution in [0.5, 0.6) is 0 Å². The van der Waals surface area contributed by atoms with E-state index in [9.17, 15) is 9.59 Å². The summed E-state index contributed by atoms with van der Waals surface area (Å²) in [6.07, 6.45) is 0. The van der Waals surface area contributed by atoms with Crippen LogP contribution in [-0.2, 0) is 11.3 Å². The minimum absolute atomic E-state index is 0.275. The summed E-state index contributed by atoms with van der Waals surface area (Å²) in [5, 5.41) is 3.39. The highest BCUT2D eigenvalue weighted by Gasteiger charge is 2.45. The standard InChI is InChI=1S/C15H15N3O2/c1-15(2)13(19)17-14(20)18(15)9-11-8-7-10-5-3-4-6-12(10)16-11/h3-8H,9H2,1-2H3,(H,17,19,20). The van der Waals surface area contributed by atoms with Crippen LogP contribution in [0.25, 0.3) is 10.9 Å². The molecule has 1 aromatic heterocycles. The summed E-state index contributed by atoms with van der Waals surface area (Å²) >= 11 is 0. The van der Waals surface area contributed by atoms with Gasteiger partial charge in [-0.15, -0.1) is 0 Å². The fraction of sp³-hybridized carbons (Fsp3) is 0.267. The van der Waals surface area contributed by atoms with Crippen molar-refractivity contribution in [2.45, 2.75) is 25.9 Å². The number of benzene rings is 1. The first-order valence-electron chi connectivity index (χ1n) is 6.46. The van der Waals surface area contributed by atoms with E-state index in [-0.39, 0.29) is 11.9 Å². The summed E-state index contributed by atoms with van der Waals surface area (Å²) in [4.78, 5) is 29.6. The molecule has 5 heteroatoms. The van der Waals surface area contributed by atoms with E-state index in [2.05, 4.69) is 10.3 Å². The summed E-state index contributed by atoms with van der Waals surface area (Å²) < 4.78 is 0. The molecule has 0 aliphatic carbocycles. The van der Waals surface area contributed by atoms with Crippen LogP contribution in [0.3, 0.4) is 0 Å². The van der Waals surface area contributed by atoms with Gasteiger partial charge in [-0.05, 0) is 26.0 Å². The van der Waals surface area contributed by atoms with Gasteiger partial charge in [0.05, 0.1) is 17.8 Å². The topological polar surface area (TPSA) is 62.3 Å². The van der Waals surface area contributed by atoms with E-state index in [1.165, 1.54) is 4.90 Å². The summed E-state index contributed by atoms with van der Waals surface area (Å²) in [5.74, 6) is -0.275. The minimum Gasteiger partial charge on any atom is -0.304 e. The lowest BCUT2D eigenvalue weighted by Crippen LogP contribution is -2.43. The van der Waals surface area contributed by atoms with Gasteiger partial charge in [-0.2, -0.15) is 0 Å². The largest absolute Gasteiger partial charge is 0.325 e. The van der Waals surface area contributed by atoms with E-state index >= 15 is 0 Å². The number of carbonyl (C=O) groups is 2. The summed E-state index contributed by atoms with van der Waals surface area (Å²) in [6, 6.07) is 11.3. The lowest BCUT2D eigenvalue weighted by atomic mass is 10.0. The second kappa shape index (κ2) is 4.30. The lowest BCUT2D eigenvalue weighted by molar-refractivity contribution is -0.125. The Balaban J connectivity index is 1.93. The first-order chi connectivity index (χ1) is 9.48. The normalized spacial score (nSPS) is 17.6. The molecule has 1 aliphatic rings. The molecule has 0 saturated carbocycles. The van der Waals surface area contributed by atoms with Crippen LogP contribution < -0.4 is 5.32 Å². The third kappa shape index (κ3) is 1.91. The Labute approximate surface area is 116 Å². The molecule has 2 heterocycles. The SMILES string of the molecule is CC1(C)C(=O)NC(=O)N1Cc1ccc2ccccc2n1. The van der Waals surface area contributed by atoms with E-state index in [0.717, 1.165) is 16.6 Å². The number of rotatable bonds is 2. The predicted octanol–water partition coefficient (Wildman–Crippen LogP) is 2.07. The first kappa shape index (κ1) is 12.6. The molecule has 1 aliphatic heterocycles. The predicted molar refractivity (Wildman–Crippen MR) is 74.9 cm³/mol. The second-order valence-electron chi connectivity index (χ2n) is 5.40. The van der Waals surface area contributed by atoms with E-state index in [1.807, 2.05) is 36.4 Å². The van der Waals surface area contributed by atoms with Crippen LogP contribution >= 0.6 is 0 Å². The zero-order valence-electron chi connectivity index (χ0n) is 11.4. The van der Waals surface area contributed by atoms with Crippen LogP contribution in [-0.4, -0.2) is 27.4 Å². The third-order valence-electron chi connectivity index (χ3n) is 3.67. The lowest BCUT2D eigenvalue weighted by Gasteiger charge is -2.27. The Morgan fingerprint density at radius 2 is 1.90 bits per heavy atom. The average Bonchev–Trinajstić information content (AvgIpc) is 2.61. The number of amides is 3. The van der Waals surface area contributed by atoms with Crippen molar-refractivity contribution in [3.8, 4) is 0 Å². The third-order valence-corrected chi connectivity index (χ3v) is 3.67. The van der Waals surface area contributed by atoms with Gasteiger partial charge in [0.2, 0.25) is 0 Å². The molecule has 5 nitrogen and oxygen atoms in total. The van der Waals surface area contributed by atoms with Crippen molar-refractivity contribution >= 4 is 22.8 Å². The van der Waals surface area contributed by atoms with Gasteiger partial charge in [-0.3, -0.25) is 15.1 Å². The zero-order valence-corrected chi connectivity index (χ0v) is 11.4. The molecule has 3 amide bonds. The van der Waals surface area contributed by atoms with E-state index in [0.29, 0.717) is 6.54 Å². The molecule has 0 spiro atoms. The number of imide groups is 1. The van der Waals surface area contributed by atoms with Crippen molar-refractivity contribution in [3.63, 3.8) is 0 Å². The number of urea groups is 1. The maximum absolute atomic E-state index is 11.8. The zero-order chi connectivity index (χ0) is 14.3. The van der Waals surface area contributed by atoms with Crippen molar-refractivity contribution in [3.05, 3.63) is 42.1 Å². The molecular formula is C15H15N3O2. The van der Waals surface area contributed by atoms with Crippen molar-refractivity contribution in [2.24, 2.45) is 0 Å². The Hall–Kier alpha value is -2.43. The molecule has 0 bridgehead atoms. The minimum atomic E-state index is -0.843. The molecule has 1 saturated heterocycles. The van der Waals surface area contributed by atoms with Crippen LogP contribution in [0.1, 0.15) is 19.5 Å². The summed E-state index contributed by atoms with van der Waals surface area (Å²) in [7, 11) is 0. The van der Waals surface area contributed by atoms with E-state index in [4.69, 9.17) is 0 Å². The number of fused-ring (bicyclic) bond motifs is 1. The monoisotopic (exact) mass is 269 g/mol. The van der Waals surface area contributed by atoms with E-state index in [1.54, 1.807) is 13.8 Å².